The molecule has 3 aromatic rings. The van der Waals surface area contributed by atoms with Gasteiger partial charge in [-0.15, -0.1) is 11.3 Å². The van der Waals surface area contributed by atoms with Crippen LogP contribution in [-0.4, -0.2) is 27.9 Å². The summed E-state index contributed by atoms with van der Waals surface area (Å²) in [7, 11) is 1.69. The largest absolute Gasteiger partial charge is 0.384 e. The number of aromatic amines is 1. The van der Waals surface area contributed by atoms with Crippen molar-refractivity contribution in [1.82, 2.24) is 20.3 Å². The number of hydrogen-bond donors (Lipinski definition) is 3. The molecule has 23 heavy (non-hydrogen) atoms. The third-order valence-electron chi connectivity index (χ3n) is 3.12. The van der Waals surface area contributed by atoms with Crippen LogP contribution in [0, 0.1) is 0 Å². The van der Waals surface area contributed by atoms with Gasteiger partial charge in [0.25, 0.3) is 5.91 Å². The number of nitrogens with zero attached hydrogens (tertiary/aromatic N) is 2. The topological polar surface area (TPSA) is 82.7 Å². The summed E-state index contributed by atoms with van der Waals surface area (Å²) < 4.78 is 0. The fraction of sp³-hybridized carbons (Fsp3) is 0.0625. The SMILES string of the molecule is CN/C(=C\c1c[nH]cn1)C(=O)Nc1nc(-c2ccccc2)cs1. The molecular formula is C16H15N5OS. The molecule has 0 saturated heterocycles. The number of hydrogen-bond acceptors (Lipinski definition) is 5. The second-order valence-electron chi connectivity index (χ2n) is 4.66. The maximum Gasteiger partial charge on any atom is 0.273 e. The predicted octanol–water partition coefficient (Wildman–Crippen LogP) is 2.73. The highest BCUT2D eigenvalue weighted by Gasteiger charge is 2.12. The fourth-order valence-corrected chi connectivity index (χ4v) is 2.70. The van der Waals surface area contributed by atoms with E-state index >= 15 is 0 Å². The van der Waals surface area contributed by atoms with Crippen LogP contribution in [0.4, 0.5) is 5.13 Å². The Bertz CT molecular complexity index is 808. The summed E-state index contributed by atoms with van der Waals surface area (Å²) in [5.74, 6) is -0.260. The molecule has 0 aliphatic carbocycles. The molecule has 2 heterocycles. The van der Waals surface area contributed by atoms with Crippen molar-refractivity contribution in [2.45, 2.75) is 0 Å². The van der Waals surface area contributed by atoms with E-state index in [1.165, 1.54) is 11.3 Å². The number of aromatic nitrogens is 3. The molecule has 0 unspecified atom stereocenters. The second-order valence-corrected chi connectivity index (χ2v) is 5.52. The van der Waals surface area contributed by atoms with Crippen molar-refractivity contribution in [3.8, 4) is 11.3 Å². The second kappa shape index (κ2) is 6.89. The number of thiazole rings is 1. The predicted molar refractivity (Wildman–Crippen MR) is 91.8 cm³/mol. The molecule has 1 amide bonds. The Labute approximate surface area is 137 Å². The maximum atomic E-state index is 12.3. The van der Waals surface area contributed by atoms with E-state index in [-0.39, 0.29) is 5.91 Å². The smallest absolute Gasteiger partial charge is 0.273 e. The molecule has 0 saturated carbocycles. The first kappa shape index (κ1) is 15.0. The Morgan fingerprint density at radius 3 is 2.83 bits per heavy atom. The van der Waals surface area contributed by atoms with Crippen LogP contribution in [0.15, 0.2) is 53.9 Å². The van der Waals surface area contributed by atoms with Crippen LogP contribution >= 0.6 is 11.3 Å². The zero-order chi connectivity index (χ0) is 16.1. The van der Waals surface area contributed by atoms with Crippen LogP contribution in [0.25, 0.3) is 17.3 Å². The Balaban J connectivity index is 1.74. The van der Waals surface area contributed by atoms with Gasteiger partial charge in [-0.25, -0.2) is 9.97 Å². The molecule has 0 aliphatic heterocycles. The van der Waals surface area contributed by atoms with E-state index in [1.54, 1.807) is 25.6 Å². The summed E-state index contributed by atoms with van der Waals surface area (Å²) in [5.41, 5.74) is 2.94. The van der Waals surface area contributed by atoms with Gasteiger partial charge in [0.15, 0.2) is 5.13 Å². The van der Waals surface area contributed by atoms with Crippen LogP contribution < -0.4 is 10.6 Å². The van der Waals surface area contributed by atoms with Gasteiger partial charge in [0, 0.05) is 24.2 Å². The van der Waals surface area contributed by atoms with Crippen molar-refractivity contribution in [3.63, 3.8) is 0 Å². The summed E-state index contributed by atoms with van der Waals surface area (Å²) >= 11 is 1.39. The average Bonchev–Trinajstić information content (AvgIpc) is 3.25. The normalized spacial score (nSPS) is 11.3. The van der Waals surface area contributed by atoms with Gasteiger partial charge in [-0.1, -0.05) is 30.3 Å². The van der Waals surface area contributed by atoms with Crippen LogP contribution in [0.3, 0.4) is 0 Å². The Kier molecular flexibility index (Phi) is 4.49. The quantitative estimate of drug-likeness (QED) is 0.630. The standard InChI is InChI=1S/C16H15N5OS/c1-17-13(7-12-8-18-10-19-12)15(22)21-16-20-14(9-23-16)11-5-3-2-4-6-11/h2-10,17H,1H3,(H,18,19)(H,20,21,22)/b13-7-. The Morgan fingerprint density at radius 1 is 1.30 bits per heavy atom. The van der Waals surface area contributed by atoms with Gasteiger partial charge in [-0.05, 0) is 6.08 Å². The summed E-state index contributed by atoms with van der Waals surface area (Å²) in [4.78, 5) is 23.7. The molecule has 0 aliphatic rings. The number of nitrogens with one attached hydrogen (secondary N) is 3. The van der Waals surface area contributed by atoms with Gasteiger partial charge < -0.3 is 10.3 Å². The number of H-pyrrole nitrogens is 1. The highest BCUT2D eigenvalue weighted by atomic mass is 32.1. The van der Waals surface area contributed by atoms with Crippen LogP contribution in [-0.2, 0) is 4.79 Å². The molecule has 0 fully saturated rings. The third kappa shape index (κ3) is 3.64. The maximum absolute atomic E-state index is 12.3. The van der Waals surface area contributed by atoms with Crippen LogP contribution in [0.1, 0.15) is 5.69 Å². The lowest BCUT2D eigenvalue weighted by atomic mass is 10.2. The van der Waals surface area contributed by atoms with E-state index in [9.17, 15) is 4.79 Å². The molecule has 2 aromatic heterocycles. The van der Waals surface area contributed by atoms with E-state index < -0.39 is 0 Å². The highest BCUT2D eigenvalue weighted by Crippen LogP contribution is 2.24. The molecule has 0 atom stereocenters. The van der Waals surface area contributed by atoms with E-state index in [0.29, 0.717) is 16.5 Å². The first-order valence-corrected chi connectivity index (χ1v) is 7.85. The average molecular weight is 325 g/mol. The zero-order valence-electron chi connectivity index (χ0n) is 12.4. The number of carbonyl (C=O) groups is 1. The van der Waals surface area contributed by atoms with Crippen molar-refractivity contribution in [3.05, 3.63) is 59.6 Å². The monoisotopic (exact) mass is 325 g/mol. The lowest BCUT2D eigenvalue weighted by Crippen LogP contribution is -2.22. The van der Waals surface area contributed by atoms with Crippen molar-refractivity contribution in [2.24, 2.45) is 0 Å². The molecule has 116 valence electrons. The lowest BCUT2D eigenvalue weighted by molar-refractivity contribution is -0.113. The number of benzene rings is 1. The van der Waals surface area contributed by atoms with Gasteiger partial charge >= 0.3 is 0 Å². The molecule has 0 spiro atoms. The molecule has 1 aromatic carbocycles. The van der Waals surface area contributed by atoms with Gasteiger partial charge in [-0.2, -0.15) is 0 Å². The number of amides is 1. The minimum atomic E-state index is -0.260. The fourth-order valence-electron chi connectivity index (χ4n) is 1.99. The summed E-state index contributed by atoms with van der Waals surface area (Å²) in [6.45, 7) is 0. The first-order valence-electron chi connectivity index (χ1n) is 6.97. The minimum Gasteiger partial charge on any atom is -0.384 e. The number of carbonyl (C=O) groups excluding carboxylic acids is 1. The third-order valence-corrected chi connectivity index (χ3v) is 3.88. The number of imidazole rings is 1. The van der Waals surface area contributed by atoms with Crippen molar-refractivity contribution < 1.29 is 4.79 Å². The van der Waals surface area contributed by atoms with Crippen LogP contribution in [0.2, 0.25) is 0 Å². The van der Waals surface area contributed by atoms with Crippen molar-refractivity contribution in [1.29, 1.82) is 0 Å². The van der Waals surface area contributed by atoms with Crippen molar-refractivity contribution >= 4 is 28.5 Å². The first-order chi connectivity index (χ1) is 11.3. The number of rotatable bonds is 5. The van der Waals surface area contributed by atoms with Gasteiger partial charge in [-0.3, -0.25) is 10.1 Å². The zero-order valence-corrected chi connectivity index (χ0v) is 13.2. The molecule has 3 N–H and O–H groups in total. The number of anilines is 1. The summed E-state index contributed by atoms with van der Waals surface area (Å²) in [6.07, 6.45) is 4.93. The summed E-state index contributed by atoms with van der Waals surface area (Å²) in [6, 6.07) is 9.84. The minimum absolute atomic E-state index is 0.260. The van der Waals surface area contributed by atoms with Crippen LogP contribution in [0.5, 0.6) is 0 Å². The number of likely N-dealkylation sites (N-methyl/N-ethyl adjacent to an activating group) is 1. The lowest BCUT2D eigenvalue weighted by Gasteiger charge is -2.05. The Hall–Kier alpha value is -2.93. The molecule has 6 nitrogen and oxygen atoms in total. The van der Waals surface area contributed by atoms with E-state index in [0.717, 1.165) is 11.3 Å². The summed E-state index contributed by atoms with van der Waals surface area (Å²) in [5, 5.41) is 8.14. The highest BCUT2D eigenvalue weighted by molar-refractivity contribution is 7.14. The van der Waals surface area contributed by atoms with Crippen molar-refractivity contribution in [2.75, 3.05) is 12.4 Å². The molecule has 0 radical (unpaired) electrons. The molecule has 7 heteroatoms. The van der Waals surface area contributed by atoms with E-state index in [2.05, 4.69) is 25.6 Å². The molecular weight excluding hydrogens is 310 g/mol. The Morgan fingerprint density at radius 2 is 2.13 bits per heavy atom. The molecule has 0 bridgehead atoms. The van der Waals surface area contributed by atoms with Gasteiger partial charge in [0.1, 0.15) is 5.70 Å². The van der Waals surface area contributed by atoms with E-state index in [1.807, 2.05) is 35.7 Å². The van der Waals surface area contributed by atoms with Gasteiger partial charge in [0.2, 0.25) is 0 Å². The molecule has 3 rings (SSSR count). The van der Waals surface area contributed by atoms with E-state index in [4.69, 9.17) is 0 Å². The van der Waals surface area contributed by atoms with Gasteiger partial charge in [0.05, 0.1) is 17.7 Å².